The van der Waals surface area contributed by atoms with Crippen LogP contribution in [0.4, 0.5) is 0 Å². The molecule has 1 aliphatic rings. The SMILES string of the molecule is CC.CC1CC(C)N(C(=O)C(C)c2ccccc2)C1. The Bertz CT molecular complexity index is 388. The molecule has 1 saturated heterocycles. The van der Waals surface area contributed by atoms with Gasteiger partial charge < -0.3 is 4.90 Å². The van der Waals surface area contributed by atoms with Crippen LogP contribution in [0.15, 0.2) is 30.3 Å². The van der Waals surface area contributed by atoms with Crippen LogP contribution in [-0.2, 0) is 4.79 Å². The van der Waals surface area contributed by atoms with Gasteiger partial charge in [0.05, 0.1) is 5.92 Å². The summed E-state index contributed by atoms with van der Waals surface area (Å²) >= 11 is 0. The number of likely N-dealkylation sites (tertiary alicyclic amines) is 1. The molecule has 1 aliphatic heterocycles. The Hall–Kier alpha value is -1.31. The highest BCUT2D eigenvalue weighted by atomic mass is 16.2. The summed E-state index contributed by atoms with van der Waals surface area (Å²) in [5.41, 5.74) is 1.12. The first kappa shape index (κ1) is 15.7. The van der Waals surface area contributed by atoms with Gasteiger partial charge in [-0.15, -0.1) is 0 Å². The normalized spacial score (nSPS) is 23.5. The molecular formula is C17H27NO. The summed E-state index contributed by atoms with van der Waals surface area (Å²) < 4.78 is 0. The van der Waals surface area contributed by atoms with Crippen LogP contribution >= 0.6 is 0 Å². The molecule has 2 rings (SSSR count). The zero-order valence-corrected chi connectivity index (χ0v) is 12.9. The molecule has 2 heteroatoms. The van der Waals surface area contributed by atoms with Crippen molar-refractivity contribution in [3.63, 3.8) is 0 Å². The highest BCUT2D eigenvalue weighted by Gasteiger charge is 2.32. The van der Waals surface area contributed by atoms with Gasteiger partial charge in [-0.1, -0.05) is 51.1 Å². The fourth-order valence-corrected chi connectivity index (χ4v) is 2.74. The molecule has 0 radical (unpaired) electrons. The Morgan fingerprint density at radius 2 is 1.79 bits per heavy atom. The van der Waals surface area contributed by atoms with Gasteiger partial charge in [-0.3, -0.25) is 4.79 Å². The number of benzene rings is 1. The molecular weight excluding hydrogens is 234 g/mol. The summed E-state index contributed by atoms with van der Waals surface area (Å²) in [7, 11) is 0. The lowest BCUT2D eigenvalue weighted by atomic mass is 9.99. The standard InChI is InChI=1S/C15H21NO.C2H6/c1-11-9-12(2)16(10-11)15(17)13(3)14-7-5-4-6-8-14;1-2/h4-8,11-13H,9-10H2,1-3H3;1-2H3. The minimum absolute atomic E-state index is 0.0241. The smallest absolute Gasteiger partial charge is 0.230 e. The van der Waals surface area contributed by atoms with E-state index in [9.17, 15) is 4.79 Å². The minimum atomic E-state index is -0.0241. The number of carbonyl (C=O) groups is 1. The van der Waals surface area contributed by atoms with Gasteiger partial charge in [0.1, 0.15) is 0 Å². The Morgan fingerprint density at radius 3 is 2.26 bits per heavy atom. The van der Waals surface area contributed by atoms with E-state index in [0.29, 0.717) is 12.0 Å². The fraction of sp³-hybridized carbons (Fsp3) is 0.588. The maximum atomic E-state index is 12.4. The number of hydrogen-bond acceptors (Lipinski definition) is 1. The van der Waals surface area contributed by atoms with Crippen LogP contribution in [0.3, 0.4) is 0 Å². The second-order valence-electron chi connectivity index (χ2n) is 5.31. The lowest BCUT2D eigenvalue weighted by Gasteiger charge is -2.25. The monoisotopic (exact) mass is 261 g/mol. The van der Waals surface area contributed by atoms with E-state index in [-0.39, 0.29) is 11.8 Å². The topological polar surface area (TPSA) is 20.3 Å². The molecule has 1 heterocycles. The van der Waals surface area contributed by atoms with Crippen molar-refractivity contribution in [2.75, 3.05) is 6.54 Å². The second kappa shape index (κ2) is 7.32. The third-order valence-electron chi connectivity index (χ3n) is 3.74. The minimum Gasteiger partial charge on any atom is -0.339 e. The van der Waals surface area contributed by atoms with E-state index < -0.39 is 0 Å². The van der Waals surface area contributed by atoms with E-state index in [1.165, 1.54) is 0 Å². The fourth-order valence-electron chi connectivity index (χ4n) is 2.74. The third-order valence-corrected chi connectivity index (χ3v) is 3.74. The van der Waals surface area contributed by atoms with E-state index in [1.54, 1.807) is 0 Å². The molecule has 1 fully saturated rings. The third kappa shape index (κ3) is 3.82. The molecule has 3 atom stereocenters. The molecule has 0 saturated carbocycles. The van der Waals surface area contributed by atoms with E-state index in [2.05, 4.69) is 13.8 Å². The molecule has 0 aromatic heterocycles. The number of amides is 1. The van der Waals surface area contributed by atoms with Crippen molar-refractivity contribution in [1.82, 2.24) is 4.90 Å². The van der Waals surface area contributed by atoms with Gasteiger partial charge in [0, 0.05) is 12.6 Å². The summed E-state index contributed by atoms with van der Waals surface area (Å²) in [6.07, 6.45) is 1.13. The number of hydrogen-bond donors (Lipinski definition) is 0. The van der Waals surface area contributed by atoms with E-state index in [1.807, 2.05) is 56.0 Å². The lowest BCUT2D eigenvalue weighted by Crippen LogP contribution is -2.36. The van der Waals surface area contributed by atoms with Crippen molar-refractivity contribution in [2.45, 2.75) is 53.0 Å². The van der Waals surface area contributed by atoms with Gasteiger partial charge in [0.25, 0.3) is 0 Å². The summed E-state index contributed by atoms with van der Waals surface area (Å²) in [5, 5.41) is 0. The highest BCUT2D eigenvalue weighted by molar-refractivity contribution is 5.83. The average molecular weight is 261 g/mol. The van der Waals surface area contributed by atoms with Crippen molar-refractivity contribution in [2.24, 2.45) is 5.92 Å². The second-order valence-corrected chi connectivity index (χ2v) is 5.31. The number of rotatable bonds is 2. The Morgan fingerprint density at radius 1 is 1.21 bits per heavy atom. The zero-order chi connectivity index (χ0) is 14.4. The molecule has 106 valence electrons. The van der Waals surface area contributed by atoms with Crippen LogP contribution in [0, 0.1) is 5.92 Å². The van der Waals surface area contributed by atoms with E-state index in [4.69, 9.17) is 0 Å². The van der Waals surface area contributed by atoms with Crippen LogP contribution in [0.2, 0.25) is 0 Å². The van der Waals surface area contributed by atoms with Gasteiger partial charge in [-0.25, -0.2) is 0 Å². The van der Waals surface area contributed by atoms with Gasteiger partial charge in [0.2, 0.25) is 5.91 Å². The Kier molecular flexibility index (Phi) is 6.07. The van der Waals surface area contributed by atoms with Crippen molar-refractivity contribution < 1.29 is 4.79 Å². The number of nitrogens with zero attached hydrogens (tertiary/aromatic N) is 1. The average Bonchev–Trinajstić information content (AvgIpc) is 2.79. The Balaban J connectivity index is 0.000000861. The van der Waals surface area contributed by atoms with E-state index in [0.717, 1.165) is 18.5 Å². The largest absolute Gasteiger partial charge is 0.339 e. The first-order valence-corrected chi connectivity index (χ1v) is 7.45. The quantitative estimate of drug-likeness (QED) is 0.785. The zero-order valence-electron chi connectivity index (χ0n) is 12.9. The predicted molar refractivity (Wildman–Crippen MR) is 81.2 cm³/mol. The summed E-state index contributed by atoms with van der Waals surface area (Å²) in [6, 6.07) is 10.4. The van der Waals surface area contributed by atoms with Gasteiger partial charge in [-0.2, -0.15) is 0 Å². The molecule has 0 aliphatic carbocycles. The molecule has 3 unspecified atom stereocenters. The number of carbonyl (C=O) groups excluding carboxylic acids is 1. The van der Waals surface area contributed by atoms with Crippen LogP contribution in [0.5, 0.6) is 0 Å². The lowest BCUT2D eigenvalue weighted by molar-refractivity contribution is -0.133. The van der Waals surface area contributed by atoms with Crippen molar-refractivity contribution in [3.05, 3.63) is 35.9 Å². The van der Waals surface area contributed by atoms with Crippen LogP contribution in [0.25, 0.3) is 0 Å². The Labute approximate surface area is 117 Å². The van der Waals surface area contributed by atoms with Gasteiger partial charge >= 0.3 is 0 Å². The van der Waals surface area contributed by atoms with Crippen molar-refractivity contribution in [1.29, 1.82) is 0 Å². The molecule has 1 amide bonds. The summed E-state index contributed by atoms with van der Waals surface area (Å²) in [6.45, 7) is 11.3. The first-order valence-electron chi connectivity index (χ1n) is 7.45. The predicted octanol–water partition coefficient (Wildman–Crippen LogP) is 4.07. The maximum Gasteiger partial charge on any atom is 0.230 e. The van der Waals surface area contributed by atoms with Crippen LogP contribution in [-0.4, -0.2) is 23.4 Å². The molecule has 2 nitrogen and oxygen atoms in total. The van der Waals surface area contributed by atoms with Crippen LogP contribution < -0.4 is 0 Å². The van der Waals surface area contributed by atoms with Crippen LogP contribution in [0.1, 0.15) is 52.5 Å². The maximum absolute atomic E-state index is 12.4. The highest BCUT2D eigenvalue weighted by Crippen LogP contribution is 2.27. The molecule has 1 aromatic carbocycles. The van der Waals surface area contributed by atoms with Gasteiger partial charge in [-0.05, 0) is 31.7 Å². The molecule has 1 aromatic rings. The summed E-state index contributed by atoms with van der Waals surface area (Å²) in [4.78, 5) is 14.5. The van der Waals surface area contributed by atoms with Crippen molar-refractivity contribution >= 4 is 5.91 Å². The molecule has 0 spiro atoms. The van der Waals surface area contributed by atoms with Gasteiger partial charge in [0.15, 0.2) is 0 Å². The van der Waals surface area contributed by atoms with E-state index >= 15 is 0 Å². The summed E-state index contributed by atoms with van der Waals surface area (Å²) in [5.74, 6) is 0.883. The first-order chi connectivity index (χ1) is 9.09. The molecule has 19 heavy (non-hydrogen) atoms. The van der Waals surface area contributed by atoms with Crippen molar-refractivity contribution in [3.8, 4) is 0 Å². The molecule has 0 N–H and O–H groups in total. The molecule has 0 bridgehead atoms.